The maximum absolute atomic E-state index is 12.2. The second kappa shape index (κ2) is 4.78. The molecule has 5 rings (SSSR count). The van der Waals surface area contributed by atoms with Gasteiger partial charge in [0.2, 0.25) is 0 Å². The van der Waals surface area contributed by atoms with E-state index in [1.807, 2.05) is 18.2 Å². The van der Waals surface area contributed by atoms with E-state index in [4.69, 9.17) is 4.74 Å². The van der Waals surface area contributed by atoms with Crippen molar-refractivity contribution in [3.63, 3.8) is 0 Å². The molecule has 0 radical (unpaired) electrons. The maximum atomic E-state index is 12.2. The number of hydrogen-bond donors (Lipinski definition) is 0. The summed E-state index contributed by atoms with van der Waals surface area (Å²) in [5.41, 5.74) is 2.48. The molecule has 2 bridgehead atoms. The van der Waals surface area contributed by atoms with Crippen LogP contribution in [0.5, 0.6) is 0 Å². The third kappa shape index (κ3) is 1.80. The Balaban J connectivity index is 1.72. The van der Waals surface area contributed by atoms with Gasteiger partial charge in [-0.05, 0) is 26.0 Å². The van der Waals surface area contributed by atoms with Crippen molar-refractivity contribution in [1.82, 2.24) is 4.90 Å². The fourth-order valence-corrected chi connectivity index (χ4v) is 4.53. The van der Waals surface area contributed by atoms with Gasteiger partial charge in [-0.25, -0.2) is 0 Å². The van der Waals surface area contributed by atoms with E-state index < -0.39 is 0 Å². The zero-order valence-electron chi connectivity index (χ0n) is 12.7. The standard InChI is InChI=1S/C18H19NO3/c1-10-8-12-15-16(18(21)22-17(15)20)14(10)13(19(12)2)9-11-6-4-3-5-7-11/h3-8,12-16H,9H2,1-2H3/t12-,13-,14-,15+,16+/m0/s1. The fraction of sp³-hybridized carbons (Fsp3) is 0.444. The number of ether oxygens (including phenoxy) is 1. The van der Waals surface area contributed by atoms with Crippen molar-refractivity contribution in [3.8, 4) is 0 Å². The number of rotatable bonds is 2. The Hall–Kier alpha value is -1.94. The lowest BCUT2D eigenvalue weighted by atomic mass is 9.62. The average molecular weight is 297 g/mol. The van der Waals surface area contributed by atoms with Crippen LogP contribution in [0.2, 0.25) is 0 Å². The van der Waals surface area contributed by atoms with E-state index in [-0.39, 0.29) is 41.8 Å². The number of cyclic esters (lactones) is 2. The molecule has 0 aromatic heterocycles. The molecule has 0 amide bonds. The summed E-state index contributed by atoms with van der Waals surface area (Å²) in [7, 11) is 2.06. The number of benzene rings is 1. The van der Waals surface area contributed by atoms with E-state index >= 15 is 0 Å². The van der Waals surface area contributed by atoms with Gasteiger partial charge in [-0.15, -0.1) is 0 Å². The molecule has 3 aliphatic heterocycles. The number of nitrogens with zero attached hydrogens (tertiary/aromatic N) is 1. The second-order valence-electron chi connectivity index (χ2n) is 6.64. The first-order valence-electron chi connectivity index (χ1n) is 7.77. The minimum atomic E-state index is -0.348. The lowest BCUT2D eigenvalue weighted by Crippen LogP contribution is -2.61. The molecule has 4 aliphatic rings. The molecular weight excluding hydrogens is 278 g/mol. The number of carbonyl (C=O) groups is 2. The predicted molar refractivity (Wildman–Crippen MR) is 80.8 cm³/mol. The van der Waals surface area contributed by atoms with Crippen molar-refractivity contribution in [2.24, 2.45) is 17.8 Å². The summed E-state index contributed by atoms with van der Waals surface area (Å²) in [5, 5.41) is 0. The van der Waals surface area contributed by atoms with Crippen molar-refractivity contribution < 1.29 is 14.3 Å². The highest BCUT2D eigenvalue weighted by Gasteiger charge is 2.61. The van der Waals surface area contributed by atoms with Crippen LogP contribution in [0.25, 0.3) is 0 Å². The maximum Gasteiger partial charge on any atom is 0.319 e. The van der Waals surface area contributed by atoms with Crippen LogP contribution in [0.3, 0.4) is 0 Å². The summed E-state index contributed by atoms with van der Waals surface area (Å²) in [6.07, 6.45) is 3.03. The summed E-state index contributed by atoms with van der Waals surface area (Å²) in [6.45, 7) is 2.08. The highest BCUT2D eigenvalue weighted by molar-refractivity contribution is 5.98. The molecule has 2 fully saturated rings. The Morgan fingerprint density at radius 2 is 1.73 bits per heavy atom. The first kappa shape index (κ1) is 13.7. The number of hydrogen-bond acceptors (Lipinski definition) is 4. The Bertz CT molecular complexity index is 666. The number of piperidine rings is 1. The summed E-state index contributed by atoms with van der Waals surface area (Å²) < 4.78 is 4.95. The van der Waals surface area contributed by atoms with Crippen LogP contribution in [0.4, 0.5) is 0 Å². The molecule has 114 valence electrons. The molecule has 4 heteroatoms. The lowest BCUT2D eigenvalue weighted by Gasteiger charge is -2.52. The van der Waals surface area contributed by atoms with Gasteiger partial charge in [-0.1, -0.05) is 42.0 Å². The molecule has 1 aliphatic carbocycles. The number of carbonyl (C=O) groups excluding carboxylic acids is 2. The highest BCUT2D eigenvalue weighted by atomic mass is 16.6. The smallest absolute Gasteiger partial charge is 0.319 e. The van der Waals surface area contributed by atoms with E-state index in [1.165, 1.54) is 11.1 Å². The van der Waals surface area contributed by atoms with E-state index in [2.05, 4.69) is 37.1 Å². The third-order valence-electron chi connectivity index (χ3n) is 5.54. The van der Waals surface area contributed by atoms with E-state index in [0.29, 0.717) is 0 Å². The molecule has 1 aromatic carbocycles. The summed E-state index contributed by atoms with van der Waals surface area (Å²) in [6, 6.07) is 10.5. The first-order valence-corrected chi connectivity index (χ1v) is 7.77. The van der Waals surface area contributed by atoms with Crippen molar-refractivity contribution in [3.05, 3.63) is 47.5 Å². The Morgan fingerprint density at radius 1 is 1.05 bits per heavy atom. The number of likely N-dealkylation sites (N-methyl/N-ethyl adjacent to an activating group) is 1. The molecule has 0 unspecified atom stereocenters. The first-order chi connectivity index (χ1) is 10.6. The Labute approximate surface area is 129 Å². The number of esters is 2. The highest BCUT2D eigenvalue weighted by Crippen LogP contribution is 2.50. The molecule has 3 heterocycles. The van der Waals surface area contributed by atoms with E-state index in [0.717, 1.165) is 6.42 Å². The van der Waals surface area contributed by atoms with Gasteiger partial charge in [0.05, 0.1) is 11.8 Å². The van der Waals surface area contributed by atoms with Gasteiger partial charge in [-0.3, -0.25) is 14.5 Å². The van der Waals surface area contributed by atoms with Crippen LogP contribution in [0, 0.1) is 17.8 Å². The molecule has 0 saturated carbocycles. The van der Waals surface area contributed by atoms with Gasteiger partial charge in [0.25, 0.3) is 0 Å². The van der Waals surface area contributed by atoms with Crippen LogP contribution in [0.1, 0.15) is 12.5 Å². The van der Waals surface area contributed by atoms with Crippen LogP contribution in [-0.2, 0) is 20.7 Å². The SMILES string of the molecule is CC1=C[C@H]2[C@H]3C(=O)OC(=O)[C@@H]3[C@@H]1[C@H](Cc1ccccc1)N2C. The van der Waals surface area contributed by atoms with Crippen molar-refractivity contribution >= 4 is 11.9 Å². The normalized spacial score (nSPS) is 37.0. The molecular formula is C18H19NO3. The summed E-state index contributed by atoms with van der Waals surface area (Å²) >= 11 is 0. The Kier molecular flexibility index (Phi) is 2.98. The van der Waals surface area contributed by atoms with Gasteiger partial charge >= 0.3 is 11.9 Å². The third-order valence-corrected chi connectivity index (χ3v) is 5.54. The van der Waals surface area contributed by atoms with Crippen molar-refractivity contribution in [2.45, 2.75) is 25.4 Å². The quantitative estimate of drug-likeness (QED) is 0.474. The number of fused-ring (bicyclic) bond motifs is 1. The monoisotopic (exact) mass is 297 g/mol. The largest absolute Gasteiger partial charge is 0.393 e. The predicted octanol–water partition coefficient (Wildman–Crippen LogP) is 1.80. The van der Waals surface area contributed by atoms with Crippen LogP contribution >= 0.6 is 0 Å². The van der Waals surface area contributed by atoms with Gasteiger partial charge in [0.1, 0.15) is 0 Å². The van der Waals surface area contributed by atoms with Gasteiger partial charge in [0, 0.05) is 18.0 Å². The molecule has 4 nitrogen and oxygen atoms in total. The molecule has 0 spiro atoms. The fourth-order valence-electron chi connectivity index (χ4n) is 4.53. The lowest BCUT2D eigenvalue weighted by molar-refractivity contribution is -0.153. The molecule has 22 heavy (non-hydrogen) atoms. The molecule has 0 N–H and O–H groups in total. The molecule has 5 atom stereocenters. The average Bonchev–Trinajstić information content (AvgIpc) is 2.80. The van der Waals surface area contributed by atoms with E-state index in [1.54, 1.807) is 0 Å². The topological polar surface area (TPSA) is 46.6 Å². The van der Waals surface area contributed by atoms with Crippen LogP contribution < -0.4 is 0 Å². The van der Waals surface area contributed by atoms with Crippen molar-refractivity contribution in [2.75, 3.05) is 7.05 Å². The zero-order chi connectivity index (χ0) is 15.4. The second-order valence-corrected chi connectivity index (χ2v) is 6.64. The summed E-state index contributed by atoms with van der Waals surface area (Å²) in [5.74, 6) is -1.23. The minimum Gasteiger partial charge on any atom is -0.393 e. The Morgan fingerprint density at radius 3 is 2.45 bits per heavy atom. The molecule has 2 saturated heterocycles. The van der Waals surface area contributed by atoms with Gasteiger partial charge < -0.3 is 4.74 Å². The van der Waals surface area contributed by atoms with E-state index in [9.17, 15) is 9.59 Å². The van der Waals surface area contributed by atoms with Crippen molar-refractivity contribution in [1.29, 1.82) is 0 Å². The van der Waals surface area contributed by atoms with Gasteiger partial charge in [0.15, 0.2) is 0 Å². The van der Waals surface area contributed by atoms with Crippen LogP contribution in [0.15, 0.2) is 42.0 Å². The zero-order valence-corrected chi connectivity index (χ0v) is 12.7. The molecule has 1 aromatic rings. The van der Waals surface area contributed by atoms with Crippen LogP contribution in [-0.4, -0.2) is 36.0 Å². The minimum absolute atomic E-state index is 0.0253. The summed E-state index contributed by atoms with van der Waals surface area (Å²) in [4.78, 5) is 26.5. The van der Waals surface area contributed by atoms with Gasteiger partial charge in [-0.2, -0.15) is 0 Å².